The summed E-state index contributed by atoms with van der Waals surface area (Å²) in [5, 5.41) is 17.5. The van der Waals surface area contributed by atoms with Gasteiger partial charge in [-0.15, -0.1) is 0 Å². The second kappa shape index (κ2) is 3.54. The Labute approximate surface area is 81.2 Å². The molecular formula is C7H6F3NO4. The number of halogens is 3. The van der Waals surface area contributed by atoms with Crippen LogP contribution in [0.3, 0.4) is 0 Å². The van der Waals surface area contributed by atoms with Crippen molar-refractivity contribution in [3.8, 4) is 0 Å². The van der Waals surface area contributed by atoms with Gasteiger partial charge in [0, 0.05) is 0 Å². The summed E-state index contributed by atoms with van der Waals surface area (Å²) in [6.45, 7) is 0. The average molecular weight is 225 g/mol. The van der Waals surface area contributed by atoms with Gasteiger partial charge in [0.2, 0.25) is 11.5 Å². The first kappa shape index (κ1) is 11.5. The molecular weight excluding hydrogens is 219 g/mol. The number of carboxylic acids is 1. The number of alkyl halides is 3. The zero-order chi connectivity index (χ0) is 11.7. The van der Waals surface area contributed by atoms with Crippen molar-refractivity contribution >= 4 is 5.97 Å². The fourth-order valence-electron chi connectivity index (χ4n) is 0.944. The second-order valence-corrected chi connectivity index (χ2v) is 2.77. The molecule has 0 aliphatic carbocycles. The predicted molar refractivity (Wildman–Crippen MR) is 38.7 cm³/mol. The van der Waals surface area contributed by atoms with E-state index in [-0.39, 0.29) is 0 Å². The minimum absolute atomic E-state index is 0.813. The Morgan fingerprint density at radius 2 is 2.13 bits per heavy atom. The fourth-order valence-corrected chi connectivity index (χ4v) is 0.944. The Morgan fingerprint density at radius 3 is 2.47 bits per heavy atom. The van der Waals surface area contributed by atoms with E-state index in [1.54, 1.807) is 0 Å². The van der Waals surface area contributed by atoms with Gasteiger partial charge in [-0.2, -0.15) is 13.2 Å². The van der Waals surface area contributed by atoms with Gasteiger partial charge in [-0.25, -0.2) is 4.98 Å². The van der Waals surface area contributed by atoms with Crippen LogP contribution in [0.25, 0.3) is 0 Å². The third kappa shape index (κ3) is 2.09. The van der Waals surface area contributed by atoms with Crippen molar-refractivity contribution in [3.63, 3.8) is 0 Å². The van der Waals surface area contributed by atoms with Crippen molar-refractivity contribution in [2.45, 2.75) is 18.2 Å². The number of oxazole rings is 1. The molecule has 8 heteroatoms. The van der Waals surface area contributed by atoms with Crippen LogP contribution in [0.5, 0.6) is 0 Å². The van der Waals surface area contributed by atoms with Crippen LogP contribution in [0.4, 0.5) is 13.2 Å². The summed E-state index contributed by atoms with van der Waals surface area (Å²) < 4.78 is 41.5. The maximum atomic E-state index is 12.4. The molecule has 1 atom stereocenters. The molecule has 0 spiro atoms. The molecule has 0 saturated carbocycles. The van der Waals surface area contributed by atoms with Gasteiger partial charge < -0.3 is 14.6 Å². The summed E-state index contributed by atoms with van der Waals surface area (Å²) in [6, 6.07) is 0. The van der Waals surface area contributed by atoms with E-state index >= 15 is 0 Å². The van der Waals surface area contributed by atoms with Gasteiger partial charge >= 0.3 is 12.1 Å². The highest BCUT2D eigenvalue weighted by atomic mass is 19.4. The minimum Gasteiger partial charge on any atom is -0.481 e. The summed E-state index contributed by atoms with van der Waals surface area (Å²) in [7, 11) is 0. The summed E-state index contributed by atoms with van der Waals surface area (Å²) in [5.74, 6) is -2.90. The van der Waals surface area contributed by atoms with Crippen LogP contribution in [0.2, 0.25) is 0 Å². The highest BCUT2D eigenvalue weighted by Crippen LogP contribution is 2.40. The number of carbonyl (C=O) groups is 1. The van der Waals surface area contributed by atoms with Crippen LogP contribution in [0, 0.1) is 0 Å². The van der Waals surface area contributed by atoms with Gasteiger partial charge in [0.15, 0.2) is 0 Å². The van der Waals surface area contributed by atoms with E-state index in [1.807, 2.05) is 0 Å². The third-order valence-electron chi connectivity index (χ3n) is 1.66. The number of carboxylic acid groups (broad SMARTS) is 1. The molecule has 1 unspecified atom stereocenters. The van der Waals surface area contributed by atoms with Gasteiger partial charge in [-0.1, -0.05) is 0 Å². The van der Waals surface area contributed by atoms with Crippen LogP contribution in [-0.4, -0.2) is 27.3 Å². The maximum Gasteiger partial charge on any atom is 0.426 e. The lowest BCUT2D eigenvalue weighted by molar-refractivity contribution is -0.276. The summed E-state index contributed by atoms with van der Waals surface area (Å²) >= 11 is 0. The van der Waals surface area contributed by atoms with E-state index in [0.29, 0.717) is 0 Å². The van der Waals surface area contributed by atoms with Crippen molar-refractivity contribution in [1.82, 2.24) is 4.98 Å². The van der Waals surface area contributed by atoms with Crippen LogP contribution >= 0.6 is 0 Å². The van der Waals surface area contributed by atoms with Crippen molar-refractivity contribution < 1.29 is 32.6 Å². The number of nitrogens with zero attached hydrogens (tertiary/aromatic N) is 1. The number of aliphatic hydroxyl groups is 1. The van der Waals surface area contributed by atoms with Crippen LogP contribution in [0.1, 0.15) is 12.3 Å². The Hall–Kier alpha value is -1.57. The molecule has 5 nitrogen and oxygen atoms in total. The number of hydrogen-bond donors (Lipinski definition) is 2. The maximum absolute atomic E-state index is 12.4. The first-order chi connectivity index (χ1) is 6.77. The van der Waals surface area contributed by atoms with E-state index in [4.69, 9.17) is 5.11 Å². The second-order valence-electron chi connectivity index (χ2n) is 2.77. The smallest absolute Gasteiger partial charge is 0.426 e. The minimum atomic E-state index is -5.17. The molecule has 15 heavy (non-hydrogen) atoms. The Kier molecular flexibility index (Phi) is 2.71. The number of aromatic nitrogens is 1. The molecule has 0 fully saturated rings. The van der Waals surface area contributed by atoms with Crippen LogP contribution in [0.15, 0.2) is 16.9 Å². The van der Waals surface area contributed by atoms with E-state index in [2.05, 4.69) is 9.40 Å². The lowest BCUT2D eigenvalue weighted by Gasteiger charge is -2.25. The highest BCUT2D eigenvalue weighted by molar-refractivity contribution is 5.68. The van der Waals surface area contributed by atoms with Crippen molar-refractivity contribution in [3.05, 3.63) is 18.4 Å². The zero-order valence-corrected chi connectivity index (χ0v) is 7.15. The summed E-state index contributed by atoms with van der Waals surface area (Å²) in [4.78, 5) is 13.3. The molecule has 0 aliphatic rings. The van der Waals surface area contributed by atoms with Crippen LogP contribution < -0.4 is 0 Å². The Morgan fingerprint density at radius 1 is 1.53 bits per heavy atom. The number of aliphatic carboxylic acids is 1. The molecule has 1 aromatic heterocycles. The third-order valence-corrected chi connectivity index (χ3v) is 1.66. The molecule has 0 amide bonds. The van der Waals surface area contributed by atoms with Gasteiger partial charge in [-0.05, 0) is 0 Å². The zero-order valence-electron chi connectivity index (χ0n) is 7.15. The van der Waals surface area contributed by atoms with E-state index in [9.17, 15) is 23.1 Å². The molecule has 0 saturated heterocycles. The van der Waals surface area contributed by atoms with Gasteiger partial charge in [0.25, 0.3) is 0 Å². The number of rotatable bonds is 3. The number of hydrogen-bond acceptors (Lipinski definition) is 4. The SMILES string of the molecule is O=C(O)CC(O)(c1ncco1)C(F)(F)F. The van der Waals surface area contributed by atoms with Crippen molar-refractivity contribution in [2.24, 2.45) is 0 Å². The quantitative estimate of drug-likeness (QED) is 0.798. The fraction of sp³-hybridized carbons (Fsp3) is 0.429. The van der Waals surface area contributed by atoms with Crippen LogP contribution in [-0.2, 0) is 10.4 Å². The molecule has 2 N–H and O–H groups in total. The molecule has 1 aromatic rings. The first-order valence-electron chi connectivity index (χ1n) is 3.68. The molecule has 0 bridgehead atoms. The molecule has 1 rings (SSSR count). The van der Waals surface area contributed by atoms with E-state index in [0.717, 1.165) is 12.5 Å². The van der Waals surface area contributed by atoms with Gasteiger partial charge in [0.05, 0.1) is 12.6 Å². The first-order valence-corrected chi connectivity index (χ1v) is 3.68. The van der Waals surface area contributed by atoms with E-state index in [1.165, 1.54) is 0 Å². The summed E-state index contributed by atoms with van der Waals surface area (Å²) in [6.07, 6.45) is -5.03. The highest BCUT2D eigenvalue weighted by Gasteiger charge is 2.59. The molecule has 1 heterocycles. The molecule has 0 aliphatic heterocycles. The largest absolute Gasteiger partial charge is 0.481 e. The molecule has 0 aromatic carbocycles. The average Bonchev–Trinajstić information content (AvgIpc) is 2.51. The molecule has 84 valence electrons. The van der Waals surface area contributed by atoms with E-state index < -0.39 is 30.1 Å². The van der Waals surface area contributed by atoms with Gasteiger partial charge in [0.1, 0.15) is 6.26 Å². The standard InChI is InChI=1S/C7H6F3NO4/c8-7(9,10)6(14,3-4(12)13)5-11-1-2-15-5/h1-2,14H,3H2,(H,12,13). The summed E-state index contributed by atoms with van der Waals surface area (Å²) in [5.41, 5.74) is -3.59. The topological polar surface area (TPSA) is 83.6 Å². The lowest BCUT2D eigenvalue weighted by atomic mass is 9.99. The monoisotopic (exact) mass is 225 g/mol. The van der Waals surface area contributed by atoms with Crippen molar-refractivity contribution in [2.75, 3.05) is 0 Å². The Bertz CT molecular complexity index is 348. The van der Waals surface area contributed by atoms with Crippen molar-refractivity contribution in [1.29, 1.82) is 0 Å². The van der Waals surface area contributed by atoms with Gasteiger partial charge in [-0.3, -0.25) is 4.79 Å². The normalized spacial score (nSPS) is 16.0. The predicted octanol–water partition coefficient (Wildman–Crippen LogP) is 0.899. The lowest BCUT2D eigenvalue weighted by Crippen LogP contribution is -2.44. The Balaban J connectivity index is 3.13. The molecule has 0 radical (unpaired) electrons.